The van der Waals surface area contributed by atoms with Gasteiger partial charge in [-0.25, -0.2) is 8.42 Å². The highest BCUT2D eigenvalue weighted by Crippen LogP contribution is 2.52. The highest BCUT2D eigenvalue weighted by molar-refractivity contribution is 7.89. The molecule has 0 radical (unpaired) electrons. The predicted molar refractivity (Wildman–Crippen MR) is 168 cm³/mol. The molecular formula is C34H34NO5PS. The maximum atomic E-state index is 14.5. The topological polar surface area (TPSA) is 83.9 Å². The zero-order valence-electron chi connectivity index (χ0n) is 23.8. The van der Waals surface area contributed by atoms with E-state index in [1.807, 2.05) is 67.6 Å². The van der Waals surface area contributed by atoms with Crippen LogP contribution in [0.15, 0.2) is 126 Å². The summed E-state index contributed by atoms with van der Waals surface area (Å²) in [7, 11) is -3.82. The fourth-order valence-electron chi connectivity index (χ4n) is 5.61. The molecule has 0 aromatic heterocycles. The van der Waals surface area contributed by atoms with Gasteiger partial charge in [-0.1, -0.05) is 103 Å². The third-order valence-corrected chi connectivity index (χ3v) is 12.2. The van der Waals surface area contributed by atoms with Crippen molar-refractivity contribution in [3.8, 4) is 0 Å². The van der Waals surface area contributed by atoms with Crippen molar-refractivity contribution in [1.82, 2.24) is 4.31 Å². The Morgan fingerprint density at radius 1 is 0.881 bits per heavy atom. The van der Waals surface area contributed by atoms with E-state index in [1.165, 1.54) is 17.5 Å². The number of sulfonamides is 1. The van der Waals surface area contributed by atoms with E-state index in [9.17, 15) is 18.3 Å². The van der Waals surface area contributed by atoms with E-state index in [1.54, 1.807) is 31.2 Å². The van der Waals surface area contributed by atoms with Crippen molar-refractivity contribution in [2.24, 2.45) is 5.92 Å². The molecule has 0 fully saturated rings. The SMILES string of the molecule is CO/C(O)=C/[C@@H]1c2ccccc2C(C(CP(c2ccccc2)c2ccccc2)C(C)=O)N1S(=O)(=O)c1ccc(C)cc1. The predicted octanol–water partition coefficient (Wildman–Crippen LogP) is 6.17. The number of carbonyl (C=O) groups is 1. The van der Waals surface area contributed by atoms with Crippen molar-refractivity contribution >= 4 is 34.3 Å². The van der Waals surface area contributed by atoms with Crippen molar-refractivity contribution < 1.29 is 23.1 Å². The minimum atomic E-state index is -4.14. The van der Waals surface area contributed by atoms with Gasteiger partial charge in [0.15, 0.2) is 0 Å². The molecule has 1 aliphatic rings. The molecule has 3 atom stereocenters. The molecule has 8 heteroatoms. The number of benzene rings is 4. The average Bonchev–Trinajstić information content (AvgIpc) is 3.32. The van der Waals surface area contributed by atoms with Crippen LogP contribution in [0.1, 0.15) is 35.7 Å². The standard InChI is InChI=1S/C34H34NO5PS/c1-24-18-20-28(21-19-24)42(38,39)35-32(22-33(37)40-3)29-16-10-11-17-30(29)34(35)31(25(2)36)23-41(26-12-6-4-7-13-26)27-14-8-5-9-15-27/h4-22,31-32,34,37H,23H2,1-3H3/b33-22+/t31?,32-,34?/m1/s1. The molecule has 0 spiro atoms. The first-order valence-corrected chi connectivity index (χ1v) is 16.7. The normalized spacial score (nSPS) is 18.0. The van der Waals surface area contributed by atoms with Crippen LogP contribution >= 0.6 is 7.92 Å². The summed E-state index contributed by atoms with van der Waals surface area (Å²) in [6.07, 6.45) is 1.85. The van der Waals surface area contributed by atoms with Crippen LogP contribution in [-0.2, 0) is 19.6 Å². The third-order valence-electron chi connectivity index (χ3n) is 7.71. The number of aliphatic hydroxyl groups is 1. The van der Waals surface area contributed by atoms with Crippen LogP contribution in [0.4, 0.5) is 0 Å². The van der Waals surface area contributed by atoms with E-state index < -0.39 is 41.9 Å². The number of hydrogen-bond acceptors (Lipinski definition) is 5. The molecule has 0 saturated heterocycles. The van der Waals surface area contributed by atoms with Gasteiger partial charge >= 0.3 is 0 Å². The molecule has 0 amide bonds. The highest BCUT2D eigenvalue weighted by atomic mass is 32.2. The molecule has 6 nitrogen and oxygen atoms in total. The van der Waals surface area contributed by atoms with Gasteiger partial charge in [-0.05, 0) is 61.8 Å². The van der Waals surface area contributed by atoms with Crippen LogP contribution in [0.5, 0.6) is 0 Å². The number of rotatable bonds is 10. The molecule has 1 N–H and O–H groups in total. The number of carbonyl (C=O) groups excluding carboxylic acids is 1. The summed E-state index contributed by atoms with van der Waals surface area (Å²) in [5.41, 5.74) is 2.38. The van der Waals surface area contributed by atoms with E-state index in [4.69, 9.17) is 4.74 Å². The number of methoxy groups -OCH3 is 1. The maximum Gasteiger partial charge on any atom is 0.274 e. The van der Waals surface area contributed by atoms with Crippen LogP contribution in [0.3, 0.4) is 0 Å². The Hall–Kier alpha value is -3.77. The first-order valence-electron chi connectivity index (χ1n) is 13.7. The molecule has 1 heterocycles. The summed E-state index contributed by atoms with van der Waals surface area (Å²) in [4.78, 5) is 13.8. The number of aryl methyl sites for hydroxylation is 1. The van der Waals surface area contributed by atoms with Gasteiger partial charge in [-0.3, -0.25) is 4.79 Å². The lowest BCUT2D eigenvalue weighted by molar-refractivity contribution is -0.121. The van der Waals surface area contributed by atoms with Crippen molar-refractivity contribution in [3.05, 3.63) is 138 Å². The monoisotopic (exact) mass is 599 g/mol. The molecule has 0 bridgehead atoms. The lowest BCUT2D eigenvalue weighted by atomic mass is 9.91. The Kier molecular flexibility index (Phi) is 8.93. The molecule has 4 aromatic rings. The van der Waals surface area contributed by atoms with E-state index in [0.29, 0.717) is 11.7 Å². The second-order valence-electron chi connectivity index (χ2n) is 10.4. The number of hydrogen-bond donors (Lipinski definition) is 1. The molecule has 0 aliphatic carbocycles. The molecule has 4 aromatic carbocycles. The number of fused-ring (bicyclic) bond motifs is 1. The number of Topliss-reactive ketones (excluding diaryl/α,β-unsaturated/α-hetero) is 1. The van der Waals surface area contributed by atoms with Gasteiger partial charge in [0, 0.05) is 12.0 Å². The number of ether oxygens (including phenoxy) is 1. The summed E-state index contributed by atoms with van der Waals surface area (Å²) < 4.78 is 35.5. The van der Waals surface area contributed by atoms with E-state index >= 15 is 0 Å². The Morgan fingerprint density at radius 2 is 1.40 bits per heavy atom. The quantitative estimate of drug-likeness (QED) is 0.174. The molecule has 0 saturated carbocycles. The van der Waals surface area contributed by atoms with Gasteiger partial charge in [0.2, 0.25) is 10.0 Å². The van der Waals surface area contributed by atoms with Crippen LogP contribution in [0.2, 0.25) is 0 Å². The summed E-state index contributed by atoms with van der Waals surface area (Å²) in [5.74, 6) is -1.16. The zero-order chi connectivity index (χ0) is 29.9. The third kappa shape index (κ3) is 5.91. The Balaban J connectivity index is 1.70. The first kappa shape index (κ1) is 29.7. The van der Waals surface area contributed by atoms with Crippen LogP contribution in [0, 0.1) is 12.8 Å². The van der Waals surface area contributed by atoms with Crippen LogP contribution in [0.25, 0.3) is 0 Å². The number of aliphatic hydroxyl groups excluding tert-OH is 1. The van der Waals surface area contributed by atoms with Gasteiger partial charge in [0.25, 0.3) is 5.95 Å². The molecule has 2 unspecified atom stereocenters. The Bertz CT molecular complexity index is 1630. The van der Waals surface area contributed by atoms with E-state index in [2.05, 4.69) is 24.3 Å². The first-order chi connectivity index (χ1) is 20.2. The van der Waals surface area contributed by atoms with E-state index in [0.717, 1.165) is 21.7 Å². The van der Waals surface area contributed by atoms with Crippen LogP contribution < -0.4 is 10.6 Å². The van der Waals surface area contributed by atoms with Gasteiger partial charge in [0.05, 0.1) is 24.1 Å². The second-order valence-corrected chi connectivity index (χ2v) is 14.5. The summed E-state index contributed by atoms with van der Waals surface area (Å²) in [6, 6.07) is 32.6. The summed E-state index contributed by atoms with van der Waals surface area (Å²) >= 11 is 0. The van der Waals surface area contributed by atoms with Gasteiger partial charge in [0.1, 0.15) is 5.78 Å². The zero-order valence-corrected chi connectivity index (χ0v) is 25.5. The summed E-state index contributed by atoms with van der Waals surface area (Å²) in [5, 5.41) is 12.7. The number of ketones is 1. The van der Waals surface area contributed by atoms with Crippen molar-refractivity contribution in [3.63, 3.8) is 0 Å². The second kappa shape index (κ2) is 12.6. The van der Waals surface area contributed by atoms with Crippen LogP contribution in [-0.4, -0.2) is 36.9 Å². The largest absolute Gasteiger partial charge is 0.481 e. The Morgan fingerprint density at radius 3 is 1.93 bits per heavy atom. The van der Waals surface area contributed by atoms with Crippen molar-refractivity contribution in [2.75, 3.05) is 13.3 Å². The molecular weight excluding hydrogens is 565 g/mol. The van der Waals surface area contributed by atoms with Crippen molar-refractivity contribution in [1.29, 1.82) is 0 Å². The van der Waals surface area contributed by atoms with Crippen molar-refractivity contribution in [2.45, 2.75) is 30.8 Å². The minimum Gasteiger partial charge on any atom is -0.481 e. The maximum absolute atomic E-state index is 14.5. The average molecular weight is 600 g/mol. The van der Waals surface area contributed by atoms with Gasteiger partial charge in [-0.2, -0.15) is 4.31 Å². The molecule has 5 rings (SSSR count). The molecule has 216 valence electrons. The minimum absolute atomic E-state index is 0.0983. The fourth-order valence-corrected chi connectivity index (χ4v) is 10.0. The van der Waals surface area contributed by atoms with Gasteiger partial charge < -0.3 is 9.84 Å². The van der Waals surface area contributed by atoms with E-state index in [-0.39, 0.29) is 10.7 Å². The molecule has 42 heavy (non-hydrogen) atoms. The lowest BCUT2D eigenvalue weighted by Crippen LogP contribution is -2.39. The fraction of sp³-hybridized carbons (Fsp3) is 0.206. The Labute approximate surface area is 249 Å². The smallest absolute Gasteiger partial charge is 0.274 e. The summed E-state index contributed by atoms with van der Waals surface area (Å²) in [6.45, 7) is 3.44. The lowest BCUT2D eigenvalue weighted by Gasteiger charge is -2.34. The van der Waals surface area contributed by atoms with Gasteiger partial charge in [-0.15, -0.1) is 0 Å². The highest BCUT2D eigenvalue weighted by Gasteiger charge is 2.50. The molecule has 1 aliphatic heterocycles. The number of nitrogens with zero attached hydrogens (tertiary/aromatic N) is 1.